The van der Waals surface area contributed by atoms with E-state index in [0.717, 1.165) is 10.0 Å². The molecule has 0 radical (unpaired) electrons. The van der Waals surface area contributed by atoms with Crippen LogP contribution < -0.4 is 0 Å². The van der Waals surface area contributed by atoms with Crippen LogP contribution in [0.1, 0.15) is 22.2 Å². The highest BCUT2D eigenvalue weighted by molar-refractivity contribution is 9.10. The van der Waals surface area contributed by atoms with Crippen LogP contribution in [0, 0.1) is 0 Å². The van der Waals surface area contributed by atoms with E-state index in [9.17, 15) is 15.4 Å². The third kappa shape index (κ3) is 4.79. The van der Waals surface area contributed by atoms with E-state index >= 15 is 0 Å². The molecule has 2 aromatic carbocycles. The number of methoxy groups -OCH3 is 1. The molecule has 4 rings (SSSR count). The van der Waals surface area contributed by atoms with E-state index in [-0.39, 0.29) is 12.2 Å². The largest absolute Gasteiger partial charge is 0.478 e. The van der Waals surface area contributed by atoms with Crippen molar-refractivity contribution in [1.29, 1.82) is 0 Å². The summed E-state index contributed by atoms with van der Waals surface area (Å²) in [5.74, 6) is -1.05. The van der Waals surface area contributed by atoms with Gasteiger partial charge in [0, 0.05) is 27.0 Å². The van der Waals surface area contributed by atoms with Gasteiger partial charge in [0.15, 0.2) is 6.29 Å². The molecule has 32 heavy (non-hydrogen) atoms. The number of carbonyl (C=O) groups is 1. The number of carboxylic acid groups (broad SMARTS) is 1. The Bertz CT molecular complexity index is 1020. The summed E-state index contributed by atoms with van der Waals surface area (Å²) in [5.41, 5.74) is 9.55. The highest BCUT2D eigenvalue weighted by Gasteiger charge is 2.50. The van der Waals surface area contributed by atoms with Crippen molar-refractivity contribution in [1.82, 2.24) is 0 Å². The highest BCUT2D eigenvalue weighted by atomic mass is 79.9. The average Bonchev–Trinajstić information content (AvgIpc) is 2.79. The van der Waals surface area contributed by atoms with Crippen LogP contribution in [-0.4, -0.2) is 54.6 Å². The Morgan fingerprint density at radius 3 is 2.75 bits per heavy atom. The lowest BCUT2D eigenvalue weighted by Crippen LogP contribution is -2.60. The molecule has 0 aliphatic carbocycles. The second-order valence-corrected chi connectivity index (χ2v) is 9.23. The molecule has 0 aromatic heterocycles. The van der Waals surface area contributed by atoms with Crippen molar-refractivity contribution in [3.63, 3.8) is 0 Å². The zero-order valence-electron chi connectivity index (χ0n) is 16.9. The Balaban J connectivity index is 1.61. The second-order valence-electron chi connectivity index (χ2n) is 7.18. The number of nitrogens with zero attached hydrogens (tertiary/aromatic N) is 3. The van der Waals surface area contributed by atoms with Gasteiger partial charge in [0.25, 0.3) is 0 Å². The fourth-order valence-corrected chi connectivity index (χ4v) is 5.62. The molecule has 168 valence electrons. The number of carboxylic acids is 1. The minimum Gasteiger partial charge on any atom is -0.478 e. The first-order valence-corrected chi connectivity index (χ1v) is 11.4. The number of rotatable bonds is 6. The topological polar surface area (TPSA) is 123 Å². The predicted octanol–water partition coefficient (Wildman–Crippen LogP) is 4.77. The number of azide groups is 1. The maximum absolute atomic E-state index is 11.7. The van der Waals surface area contributed by atoms with Gasteiger partial charge in [0.2, 0.25) is 0 Å². The van der Waals surface area contributed by atoms with Gasteiger partial charge >= 0.3 is 5.97 Å². The summed E-state index contributed by atoms with van der Waals surface area (Å²) in [4.78, 5) is 15.2. The number of aromatic carboxylic acids is 1. The maximum atomic E-state index is 11.7. The molecule has 2 aliphatic rings. The molecule has 6 atom stereocenters. The zero-order chi connectivity index (χ0) is 22.7. The zero-order valence-corrected chi connectivity index (χ0v) is 19.3. The highest BCUT2D eigenvalue weighted by Crippen LogP contribution is 2.42. The van der Waals surface area contributed by atoms with Crippen LogP contribution in [0.5, 0.6) is 0 Å². The van der Waals surface area contributed by atoms with E-state index in [4.69, 9.17) is 18.9 Å². The number of fused-ring (bicyclic) bond motifs is 1. The Kier molecular flexibility index (Phi) is 7.37. The van der Waals surface area contributed by atoms with Crippen LogP contribution in [0.15, 0.2) is 63.0 Å². The number of thioether (sulfide) groups is 1. The van der Waals surface area contributed by atoms with Gasteiger partial charge in [-0.2, -0.15) is 0 Å². The molecule has 2 aromatic rings. The Hall–Kier alpha value is -2.11. The second kappa shape index (κ2) is 10.2. The maximum Gasteiger partial charge on any atom is 0.336 e. The van der Waals surface area contributed by atoms with Crippen LogP contribution in [0.4, 0.5) is 0 Å². The quantitative estimate of drug-likeness (QED) is 0.329. The molecule has 11 heteroatoms. The van der Waals surface area contributed by atoms with Crippen LogP contribution >= 0.6 is 27.7 Å². The van der Waals surface area contributed by atoms with Crippen molar-refractivity contribution in [2.24, 2.45) is 5.11 Å². The molecule has 1 N–H and O–H groups in total. The van der Waals surface area contributed by atoms with E-state index in [1.54, 1.807) is 12.1 Å². The lowest BCUT2D eigenvalue weighted by Gasteiger charge is -2.47. The number of hydrogen-bond acceptors (Lipinski definition) is 7. The summed E-state index contributed by atoms with van der Waals surface area (Å²) in [7, 11) is 1.49. The van der Waals surface area contributed by atoms with Gasteiger partial charge in [-0.1, -0.05) is 63.1 Å². The van der Waals surface area contributed by atoms with Crippen molar-refractivity contribution in [3.05, 3.63) is 74.6 Å². The van der Waals surface area contributed by atoms with Crippen molar-refractivity contribution in [2.75, 3.05) is 13.7 Å². The van der Waals surface area contributed by atoms with Crippen molar-refractivity contribution in [2.45, 2.75) is 41.0 Å². The molecule has 0 saturated carbocycles. The summed E-state index contributed by atoms with van der Waals surface area (Å²) in [5, 5.41) is 13.5. The average molecular weight is 522 g/mol. The summed E-state index contributed by atoms with van der Waals surface area (Å²) < 4.78 is 24.7. The van der Waals surface area contributed by atoms with E-state index in [0.29, 0.717) is 4.90 Å². The van der Waals surface area contributed by atoms with Gasteiger partial charge in [-0.3, -0.25) is 0 Å². The molecule has 0 spiro atoms. The normalized spacial score (nSPS) is 29.6. The van der Waals surface area contributed by atoms with Gasteiger partial charge in [0.1, 0.15) is 23.7 Å². The third-order valence-corrected chi connectivity index (χ3v) is 6.95. The predicted molar refractivity (Wildman–Crippen MR) is 119 cm³/mol. The molecule has 2 heterocycles. The molecule has 2 fully saturated rings. The monoisotopic (exact) mass is 521 g/mol. The first-order valence-electron chi connectivity index (χ1n) is 9.75. The van der Waals surface area contributed by atoms with Gasteiger partial charge in [-0.25, -0.2) is 4.79 Å². The first-order chi connectivity index (χ1) is 15.5. The first kappa shape index (κ1) is 23.1. The number of halogens is 1. The molecular weight excluding hydrogens is 502 g/mol. The molecule has 2 saturated heterocycles. The molecule has 0 bridgehead atoms. The van der Waals surface area contributed by atoms with Crippen LogP contribution in [0.3, 0.4) is 0 Å². The van der Waals surface area contributed by atoms with Crippen LogP contribution in [0.2, 0.25) is 0 Å². The molecular formula is C21H20BrN3O6S. The number of ether oxygens (including phenoxy) is 4. The lowest BCUT2D eigenvalue weighted by atomic mass is 9.96. The fourth-order valence-electron chi connectivity index (χ4n) is 3.78. The summed E-state index contributed by atoms with van der Waals surface area (Å²) in [6.45, 7) is 0.222. The van der Waals surface area contributed by atoms with E-state index < -0.39 is 42.0 Å². The van der Waals surface area contributed by atoms with Gasteiger partial charge in [-0.15, -0.1) is 0 Å². The lowest BCUT2D eigenvalue weighted by molar-refractivity contribution is -0.298. The van der Waals surface area contributed by atoms with E-state index in [1.807, 2.05) is 30.3 Å². The van der Waals surface area contributed by atoms with Gasteiger partial charge < -0.3 is 24.1 Å². The van der Waals surface area contributed by atoms with E-state index in [1.165, 1.54) is 24.9 Å². The van der Waals surface area contributed by atoms with Crippen molar-refractivity contribution in [3.8, 4) is 0 Å². The van der Waals surface area contributed by atoms with Crippen molar-refractivity contribution >= 4 is 33.7 Å². The summed E-state index contributed by atoms with van der Waals surface area (Å²) in [6.07, 6.45) is -2.40. The number of benzene rings is 2. The van der Waals surface area contributed by atoms with Gasteiger partial charge in [0.05, 0.1) is 18.2 Å². The summed E-state index contributed by atoms with van der Waals surface area (Å²) >= 11 is 4.57. The smallest absolute Gasteiger partial charge is 0.336 e. The SMILES string of the molecule is COC1C(N=[N+]=[N-])[C@H]2OC(c3ccccc3)OCC2O[C@@H]1Sc1cc(Br)ccc1C(=O)O. The Morgan fingerprint density at radius 2 is 2.06 bits per heavy atom. The third-order valence-electron chi connectivity index (χ3n) is 5.26. The van der Waals surface area contributed by atoms with Gasteiger partial charge in [-0.05, 0) is 23.7 Å². The molecule has 0 amide bonds. The van der Waals surface area contributed by atoms with Crippen molar-refractivity contribution < 1.29 is 28.8 Å². The number of hydrogen-bond donors (Lipinski definition) is 1. The fraction of sp³-hybridized carbons (Fsp3) is 0.381. The molecule has 2 aliphatic heterocycles. The van der Waals surface area contributed by atoms with Crippen LogP contribution in [0.25, 0.3) is 10.4 Å². The minimum atomic E-state index is -1.05. The Morgan fingerprint density at radius 1 is 1.28 bits per heavy atom. The van der Waals surface area contributed by atoms with E-state index in [2.05, 4.69) is 26.0 Å². The summed E-state index contributed by atoms with van der Waals surface area (Å²) in [6, 6.07) is 13.7. The Labute approximate surface area is 196 Å². The standard InChI is InChI=1S/C21H20BrN3O6S/c1-28-18-16(24-25-23)17-14(10-29-20(31-17)11-5-3-2-4-6-11)30-21(18)32-15-9-12(22)7-8-13(15)19(26)27/h2-9,14,16-18,20-21H,10H2,1H3,(H,26,27)/t14?,16?,17-,18?,20?,21+/m0/s1. The molecule has 9 nitrogen and oxygen atoms in total. The molecule has 4 unspecified atom stereocenters. The minimum absolute atomic E-state index is 0.138. The van der Waals surface area contributed by atoms with Crippen LogP contribution in [-0.2, 0) is 18.9 Å².